The van der Waals surface area contributed by atoms with Crippen LogP contribution in [0.25, 0.3) is 0 Å². The van der Waals surface area contributed by atoms with Crippen LogP contribution in [0.1, 0.15) is 12.5 Å². The van der Waals surface area contributed by atoms with Crippen molar-refractivity contribution in [3.63, 3.8) is 0 Å². The summed E-state index contributed by atoms with van der Waals surface area (Å²) >= 11 is 0. The molecule has 3 N–H and O–H groups in total. The fraction of sp³-hybridized carbons (Fsp3) is 0.571. The zero-order chi connectivity index (χ0) is 14.0. The number of likely N-dealkylation sites (tertiary alicyclic amines) is 1. The lowest BCUT2D eigenvalue weighted by Gasteiger charge is -2.28. The summed E-state index contributed by atoms with van der Waals surface area (Å²) in [6.45, 7) is 2.18. The van der Waals surface area contributed by atoms with E-state index in [1.54, 1.807) is 7.11 Å². The summed E-state index contributed by atoms with van der Waals surface area (Å²) in [6, 6.07) is 6.96. The van der Waals surface area contributed by atoms with Gasteiger partial charge in [-0.1, -0.05) is 18.2 Å². The zero-order valence-corrected chi connectivity index (χ0v) is 11.2. The van der Waals surface area contributed by atoms with Crippen LogP contribution >= 0.6 is 0 Å². The minimum atomic E-state index is -0.922. The van der Waals surface area contributed by atoms with Crippen LogP contribution in [0.4, 0.5) is 0 Å². The highest BCUT2D eigenvalue weighted by molar-refractivity contribution is 5.33. The van der Waals surface area contributed by atoms with Crippen LogP contribution in [0, 0.1) is 0 Å². The maximum Gasteiger partial charge on any atom is 0.123 e. The number of aliphatic hydroxyl groups is 3. The van der Waals surface area contributed by atoms with Crippen molar-refractivity contribution in [2.24, 2.45) is 0 Å². The number of para-hydroxylation sites is 1. The normalized spacial score (nSPS) is 31.6. The van der Waals surface area contributed by atoms with Gasteiger partial charge in [0.05, 0.1) is 32.0 Å². The summed E-state index contributed by atoms with van der Waals surface area (Å²) in [7, 11) is 1.61. The Morgan fingerprint density at radius 1 is 1.21 bits per heavy atom. The summed E-state index contributed by atoms with van der Waals surface area (Å²) in [4.78, 5) is 1.91. The molecule has 5 nitrogen and oxygen atoms in total. The van der Waals surface area contributed by atoms with Crippen LogP contribution < -0.4 is 4.74 Å². The van der Waals surface area contributed by atoms with Gasteiger partial charge in [-0.25, -0.2) is 0 Å². The third-order valence-corrected chi connectivity index (χ3v) is 3.92. The van der Waals surface area contributed by atoms with Crippen LogP contribution in [-0.2, 0) is 6.54 Å². The predicted molar refractivity (Wildman–Crippen MR) is 70.9 cm³/mol. The molecule has 19 heavy (non-hydrogen) atoms. The Morgan fingerprint density at radius 3 is 2.53 bits per heavy atom. The van der Waals surface area contributed by atoms with E-state index in [0.29, 0.717) is 6.54 Å². The molecule has 0 amide bonds. The average molecular weight is 267 g/mol. The summed E-state index contributed by atoms with van der Waals surface area (Å²) < 4.78 is 5.30. The number of hydrogen-bond donors (Lipinski definition) is 3. The van der Waals surface area contributed by atoms with Gasteiger partial charge in [0, 0.05) is 18.2 Å². The minimum Gasteiger partial charge on any atom is -0.496 e. The van der Waals surface area contributed by atoms with Gasteiger partial charge >= 0.3 is 0 Å². The number of hydrogen-bond acceptors (Lipinski definition) is 5. The summed E-state index contributed by atoms with van der Waals surface area (Å²) in [5.41, 5.74) is 0.969. The Hall–Kier alpha value is -1.14. The molecule has 5 heteroatoms. The van der Waals surface area contributed by atoms with Gasteiger partial charge < -0.3 is 20.1 Å². The number of aliphatic hydroxyl groups excluding tert-OH is 3. The van der Waals surface area contributed by atoms with Crippen molar-refractivity contribution in [2.45, 2.75) is 37.8 Å². The first-order valence-corrected chi connectivity index (χ1v) is 6.44. The first-order chi connectivity index (χ1) is 9.10. The monoisotopic (exact) mass is 267 g/mol. The minimum absolute atomic E-state index is 0.183. The van der Waals surface area contributed by atoms with Crippen LogP contribution in [-0.4, -0.2) is 58.2 Å². The number of benzene rings is 1. The number of methoxy groups -OCH3 is 1. The fourth-order valence-corrected chi connectivity index (χ4v) is 2.71. The van der Waals surface area contributed by atoms with E-state index >= 15 is 0 Å². The first-order valence-electron chi connectivity index (χ1n) is 6.44. The van der Waals surface area contributed by atoms with Gasteiger partial charge in [0.25, 0.3) is 0 Å². The smallest absolute Gasteiger partial charge is 0.123 e. The van der Waals surface area contributed by atoms with Crippen molar-refractivity contribution in [1.82, 2.24) is 4.90 Å². The summed E-state index contributed by atoms with van der Waals surface area (Å²) in [6.07, 6.45) is -1.76. The SMILES string of the molecule is COc1ccccc1CN1[C@H](CO)[C@@H](O)[C@@H](O)[C@@H]1C. The van der Waals surface area contributed by atoms with Crippen LogP contribution in [0.5, 0.6) is 5.75 Å². The molecular formula is C14H21NO4. The van der Waals surface area contributed by atoms with Crippen LogP contribution in [0.3, 0.4) is 0 Å². The largest absolute Gasteiger partial charge is 0.496 e. The second-order valence-corrected chi connectivity index (χ2v) is 4.96. The van der Waals surface area contributed by atoms with Crippen molar-refractivity contribution in [1.29, 1.82) is 0 Å². The topological polar surface area (TPSA) is 73.2 Å². The van der Waals surface area contributed by atoms with Gasteiger partial charge in [0.1, 0.15) is 5.75 Å². The molecule has 1 heterocycles. The molecule has 1 aliphatic rings. The van der Waals surface area contributed by atoms with Crippen molar-refractivity contribution >= 4 is 0 Å². The van der Waals surface area contributed by atoms with Gasteiger partial charge in [-0.15, -0.1) is 0 Å². The fourth-order valence-electron chi connectivity index (χ4n) is 2.71. The lowest BCUT2D eigenvalue weighted by molar-refractivity contribution is 0.0186. The number of rotatable bonds is 4. The average Bonchev–Trinajstić information content (AvgIpc) is 2.64. The van der Waals surface area contributed by atoms with E-state index in [-0.39, 0.29) is 12.6 Å². The summed E-state index contributed by atoms with van der Waals surface area (Å²) in [5.74, 6) is 0.766. The highest BCUT2D eigenvalue weighted by atomic mass is 16.5. The lowest BCUT2D eigenvalue weighted by Crippen LogP contribution is -2.40. The molecule has 0 spiro atoms. The van der Waals surface area contributed by atoms with E-state index in [9.17, 15) is 15.3 Å². The molecule has 0 bridgehead atoms. The highest BCUT2D eigenvalue weighted by Crippen LogP contribution is 2.29. The molecule has 0 aliphatic carbocycles. The van der Waals surface area contributed by atoms with Gasteiger partial charge in [0.2, 0.25) is 0 Å². The molecule has 2 rings (SSSR count). The Morgan fingerprint density at radius 2 is 1.89 bits per heavy atom. The molecule has 1 aromatic carbocycles. The van der Waals surface area contributed by atoms with Crippen molar-refractivity contribution in [3.8, 4) is 5.75 Å². The van der Waals surface area contributed by atoms with E-state index in [1.807, 2.05) is 36.1 Å². The molecule has 1 fully saturated rings. The van der Waals surface area contributed by atoms with Gasteiger partial charge in [0.15, 0.2) is 0 Å². The first kappa shape index (κ1) is 14.3. The van der Waals surface area contributed by atoms with E-state index in [2.05, 4.69) is 0 Å². The van der Waals surface area contributed by atoms with Gasteiger partial charge in [-0.3, -0.25) is 4.90 Å². The molecule has 0 saturated carbocycles. The molecule has 1 aromatic rings. The van der Waals surface area contributed by atoms with Crippen molar-refractivity contribution in [2.75, 3.05) is 13.7 Å². The quantitative estimate of drug-likeness (QED) is 0.715. The van der Waals surface area contributed by atoms with Crippen molar-refractivity contribution in [3.05, 3.63) is 29.8 Å². The maximum atomic E-state index is 9.92. The highest BCUT2D eigenvalue weighted by Gasteiger charge is 2.44. The molecule has 106 valence electrons. The van der Waals surface area contributed by atoms with E-state index in [4.69, 9.17) is 4.74 Å². The van der Waals surface area contributed by atoms with Gasteiger partial charge in [-0.2, -0.15) is 0 Å². The Bertz CT molecular complexity index is 426. The molecular weight excluding hydrogens is 246 g/mol. The van der Waals surface area contributed by atoms with E-state index in [0.717, 1.165) is 11.3 Å². The van der Waals surface area contributed by atoms with Crippen LogP contribution in [0.15, 0.2) is 24.3 Å². The third-order valence-electron chi connectivity index (χ3n) is 3.92. The molecule has 1 saturated heterocycles. The molecule has 0 radical (unpaired) electrons. The molecule has 4 atom stereocenters. The number of ether oxygens (including phenoxy) is 1. The van der Waals surface area contributed by atoms with E-state index in [1.165, 1.54) is 0 Å². The maximum absolute atomic E-state index is 9.92. The molecule has 0 unspecified atom stereocenters. The summed E-state index contributed by atoms with van der Waals surface area (Å²) in [5, 5.41) is 29.2. The molecule has 1 aliphatic heterocycles. The third kappa shape index (κ3) is 2.60. The Labute approximate surface area is 113 Å². The number of nitrogens with zero attached hydrogens (tertiary/aromatic N) is 1. The van der Waals surface area contributed by atoms with Gasteiger partial charge in [-0.05, 0) is 13.0 Å². The predicted octanol–water partition coefficient (Wildman–Crippen LogP) is -0.0180. The molecule has 0 aromatic heterocycles. The Balaban J connectivity index is 2.21. The second-order valence-electron chi connectivity index (χ2n) is 4.96. The lowest BCUT2D eigenvalue weighted by atomic mass is 10.1. The zero-order valence-electron chi connectivity index (χ0n) is 11.2. The van der Waals surface area contributed by atoms with E-state index < -0.39 is 18.2 Å². The van der Waals surface area contributed by atoms with Crippen LogP contribution in [0.2, 0.25) is 0 Å². The second kappa shape index (κ2) is 5.88. The standard InChI is InChI=1S/C14H21NO4/c1-9-13(17)14(18)11(8-16)15(9)7-10-5-3-4-6-12(10)19-2/h3-6,9,11,13-14,16-18H,7-8H2,1-2H3/t9-,11+,13-,14+/m0/s1. The van der Waals surface area contributed by atoms with Crippen molar-refractivity contribution < 1.29 is 20.1 Å². The Kier molecular flexibility index (Phi) is 4.42.